The molecule has 0 bridgehead atoms. The van der Waals surface area contributed by atoms with Crippen molar-refractivity contribution in [1.82, 2.24) is 10.2 Å². The van der Waals surface area contributed by atoms with Crippen LogP contribution in [0.15, 0.2) is 41.1 Å². The average molecular weight is 335 g/mol. The van der Waals surface area contributed by atoms with Crippen LogP contribution in [0.2, 0.25) is 0 Å². The quantitative estimate of drug-likeness (QED) is 0.814. The van der Waals surface area contributed by atoms with Crippen LogP contribution in [0.4, 0.5) is 10.1 Å². The van der Waals surface area contributed by atoms with Gasteiger partial charge in [-0.2, -0.15) is 11.3 Å². The van der Waals surface area contributed by atoms with Crippen LogP contribution in [0.3, 0.4) is 0 Å². The number of nitrogens with one attached hydrogen (secondary N) is 2. The van der Waals surface area contributed by atoms with Crippen LogP contribution >= 0.6 is 11.3 Å². The fraction of sp³-hybridized carbons (Fsp3) is 0.250. The first-order chi connectivity index (χ1) is 11.0. The summed E-state index contributed by atoms with van der Waals surface area (Å²) >= 11 is 1.61. The molecule has 2 N–H and O–H groups in total. The molecule has 0 radical (unpaired) electrons. The SMILES string of the molecule is CN(CC(=O)NCC(=O)Nc1ccc(F)cc1)Cc1ccsc1. The van der Waals surface area contributed by atoms with Crippen molar-refractivity contribution in [2.24, 2.45) is 0 Å². The molecule has 2 amide bonds. The number of amides is 2. The third-order valence-electron chi connectivity index (χ3n) is 3.02. The molecule has 0 saturated heterocycles. The molecular weight excluding hydrogens is 317 g/mol. The summed E-state index contributed by atoms with van der Waals surface area (Å²) in [6.45, 7) is 0.765. The summed E-state index contributed by atoms with van der Waals surface area (Å²) in [6.07, 6.45) is 0. The highest BCUT2D eigenvalue weighted by Crippen LogP contribution is 2.08. The molecule has 0 atom stereocenters. The predicted octanol–water partition coefficient (Wildman–Crippen LogP) is 2.07. The zero-order valence-electron chi connectivity index (χ0n) is 12.7. The molecule has 1 aromatic carbocycles. The molecule has 122 valence electrons. The van der Waals surface area contributed by atoms with E-state index in [1.807, 2.05) is 28.8 Å². The van der Waals surface area contributed by atoms with E-state index in [0.29, 0.717) is 12.2 Å². The molecule has 1 heterocycles. The minimum Gasteiger partial charge on any atom is -0.346 e. The minimum atomic E-state index is -0.370. The molecule has 23 heavy (non-hydrogen) atoms. The molecule has 0 spiro atoms. The fourth-order valence-electron chi connectivity index (χ4n) is 1.97. The molecule has 5 nitrogen and oxygen atoms in total. The second-order valence-corrected chi connectivity index (χ2v) is 5.92. The van der Waals surface area contributed by atoms with Crippen LogP contribution in [-0.2, 0) is 16.1 Å². The molecule has 0 fully saturated rings. The van der Waals surface area contributed by atoms with Crippen molar-refractivity contribution in [2.75, 3.05) is 25.5 Å². The third kappa shape index (κ3) is 6.17. The number of hydrogen-bond donors (Lipinski definition) is 2. The van der Waals surface area contributed by atoms with E-state index in [4.69, 9.17) is 0 Å². The van der Waals surface area contributed by atoms with Gasteiger partial charge < -0.3 is 10.6 Å². The van der Waals surface area contributed by atoms with Gasteiger partial charge in [0.15, 0.2) is 0 Å². The number of halogens is 1. The number of anilines is 1. The third-order valence-corrected chi connectivity index (χ3v) is 3.75. The summed E-state index contributed by atoms with van der Waals surface area (Å²) in [7, 11) is 1.84. The zero-order valence-corrected chi connectivity index (χ0v) is 13.5. The number of hydrogen-bond acceptors (Lipinski definition) is 4. The van der Waals surface area contributed by atoms with E-state index in [-0.39, 0.29) is 30.7 Å². The van der Waals surface area contributed by atoms with Crippen LogP contribution < -0.4 is 10.6 Å². The lowest BCUT2D eigenvalue weighted by molar-refractivity contribution is -0.124. The van der Waals surface area contributed by atoms with Crippen molar-refractivity contribution in [2.45, 2.75) is 6.54 Å². The van der Waals surface area contributed by atoms with Crippen molar-refractivity contribution in [3.05, 3.63) is 52.5 Å². The first-order valence-corrected chi connectivity index (χ1v) is 7.99. The highest BCUT2D eigenvalue weighted by Gasteiger charge is 2.09. The second kappa shape index (κ2) is 8.40. The average Bonchev–Trinajstić information content (AvgIpc) is 3.00. The Balaban J connectivity index is 1.69. The Morgan fingerprint density at radius 3 is 2.57 bits per heavy atom. The topological polar surface area (TPSA) is 61.4 Å². The molecule has 0 unspecified atom stereocenters. The van der Waals surface area contributed by atoms with Gasteiger partial charge in [0.25, 0.3) is 0 Å². The minimum absolute atomic E-state index is 0.123. The summed E-state index contributed by atoms with van der Waals surface area (Å²) in [4.78, 5) is 25.4. The van der Waals surface area contributed by atoms with Gasteiger partial charge in [0.2, 0.25) is 11.8 Å². The van der Waals surface area contributed by atoms with Gasteiger partial charge in [-0.05, 0) is 53.7 Å². The maximum atomic E-state index is 12.8. The van der Waals surface area contributed by atoms with Crippen LogP contribution in [0.1, 0.15) is 5.56 Å². The molecule has 2 rings (SSSR count). The van der Waals surface area contributed by atoms with Gasteiger partial charge in [0, 0.05) is 12.2 Å². The van der Waals surface area contributed by atoms with Crippen molar-refractivity contribution < 1.29 is 14.0 Å². The van der Waals surface area contributed by atoms with Crippen LogP contribution in [0.25, 0.3) is 0 Å². The summed E-state index contributed by atoms with van der Waals surface area (Å²) in [5.74, 6) is -0.951. The van der Waals surface area contributed by atoms with E-state index in [1.165, 1.54) is 24.3 Å². The van der Waals surface area contributed by atoms with Gasteiger partial charge in [-0.1, -0.05) is 0 Å². The maximum Gasteiger partial charge on any atom is 0.243 e. The van der Waals surface area contributed by atoms with Crippen molar-refractivity contribution in [1.29, 1.82) is 0 Å². The van der Waals surface area contributed by atoms with E-state index >= 15 is 0 Å². The van der Waals surface area contributed by atoms with E-state index in [0.717, 1.165) is 5.56 Å². The van der Waals surface area contributed by atoms with E-state index < -0.39 is 0 Å². The fourth-order valence-corrected chi connectivity index (χ4v) is 2.63. The molecule has 0 aliphatic heterocycles. The van der Waals surface area contributed by atoms with Gasteiger partial charge in [-0.15, -0.1) is 0 Å². The number of carbonyl (C=O) groups excluding carboxylic acids is 2. The number of thiophene rings is 1. The molecule has 0 aliphatic carbocycles. The standard InChI is InChI=1S/C16H18FN3O2S/c1-20(9-12-6-7-23-11-12)10-16(22)18-8-15(21)19-14-4-2-13(17)3-5-14/h2-7,11H,8-10H2,1H3,(H,18,22)(H,19,21). The number of carbonyl (C=O) groups is 2. The Morgan fingerprint density at radius 1 is 1.17 bits per heavy atom. The largest absolute Gasteiger partial charge is 0.346 e. The Hall–Kier alpha value is -2.25. The molecule has 1 aromatic heterocycles. The lowest BCUT2D eigenvalue weighted by Gasteiger charge is -2.15. The summed E-state index contributed by atoms with van der Waals surface area (Å²) < 4.78 is 12.8. The van der Waals surface area contributed by atoms with E-state index in [1.54, 1.807) is 11.3 Å². The van der Waals surface area contributed by atoms with Crippen molar-refractivity contribution in [3.8, 4) is 0 Å². The Labute approximate surface area is 138 Å². The summed E-state index contributed by atoms with van der Waals surface area (Å²) in [6, 6.07) is 7.45. The van der Waals surface area contributed by atoms with Crippen molar-refractivity contribution >= 4 is 28.8 Å². The van der Waals surface area contributed by atoms with Crippen LogP contribution in [0.5, 0.6) is 0 Å². The first kappa shape index (κ1) is 17.1. The molecule has 7 heteroatoms. The smallest absolute Gasteiger partial charge is 0.243 e. The van der Waals surface area contributed by atoms with Crippen molar-refractivity contribution in [3.63, 3.8) is 0 Å². The normalized spacial score (nSPS) is 10.6. The van der Waals surface area contributed by atoms with E-state index in [2.05, 4.69) is 10.6 Å². The van der Waals surface area contributed by atoms with Gasteiger partial charge >= 0.3 is 0 Å². The molecule has 0 aliphatic rings. The maximum absolute atomic E-state index is 12.8. The summed E-state index contributed by atoms with van der Waals surface area (Å²) in [5, 5.41) is 9.16. The lowest BCUT2D eigenvalue weighted by Crippen LogP contribution is -2.39. The Bertz CT molecular complexity index is 644. The van der Waals surface area contributed by atoms with Gasteiger partial charge in [-0.3, -0.25) is 14.5 Å². The lowest BCUT2D eigenvalue weighted by atomic mass is 10.3. The van der Waals surface area contributed by atoms with Gasteiger partial charge in [-0.25, -0.2) is 4.39 Å². The molecule has 2 aromatic rings. The molecular formula is C16H18FN3O2S. The zero-order chi connectivity index (χ0) is 16.7. The summed E-state index contributed by atoms with van der Waals surface area (Å²) in [5.41, 5.74) is 1.64. The van der Waals surface area contributed by atoms with Gasteiger partial charge in [0.1, 0.15) is 5.82 Å². The highest BCUT2D eigenvalue weighted by atomic mass is 32.1. The Morgan fingerprint density at radius 2 is 1.91 bits per heavy atom. The predicted molar refractivity (Wildman–Crippen MR) is 88.7 cm³/mol. The van der Waals surface area contributed by atoms with Crippen LogP contribution in [-0.4, -0.2) is 36.9 Å². The highest BCUT2D eigenvalue weighted by molar-refractivity contribution is 7.07. The number of nitrogens with zero attached hydrogens (tertiary/aromatic N) is 1. The second-order valence-electron chi connectivity index (χ2n) is 5.14. The Kier molecular flexibility index (Phi) is 6.25. The van der Waals surface area contributed by atoms with E-state index in [9.17, 15) is 14.0 Å². The van der Waals surface area contributed by atoms with Crippen LogP contribution in [0, 0.1) is 5.82 Å². The number of likely N-dealkylation sites (N-methyl/N-ethyl adjacent to an activating group) is 1. The van der Waals surface area contributed by atoms with Gasteiger partial charge in [0.05, 0.1) is 13.1 Å². The molecule has 0 saturated carbocycles. The number of rotatable bonds is 7. The monoisotopic (exact) mass is 335 g/mol. The first-order valence-electron chi connectivity index (χ1n) is 7.04. The number of benzene rings is 1.